The number of cyclic esters (lactones) is 1. The minimum atomic E-state index is -3.10. The largest absolute Gasteiger partial charge is 0.474 e. The van der Waals surface area contributed by atoms with Gasteiger partial charge in [0, 0.05) is 30.1 Å². The SMILES string of the molecule is CC[C@@](C)(N)c1cnc(O[C@@H](C)CCS(C)(=O)=O)c2cnc(Nc3ccc4c(n3)[C@H](C)[C@H](C)OC4=O)cc12. The first-order chi connectivity index (χ1) is 17.8. The summed E-state index contributed by atoms with van der Waals surface area (Å²) in [4.78, 5) is 26.0. The zero-order valence-electron chi connectivity index (χ0n) is 22.6. The van der Waals surface area contributed by atoms with Gasteiger partial charge in [-0.2, -0.15) is 0 Å². The second-order valence-corrected chi connectivity index (χ2v) is 12.6. The Morgan fingerprint density at radius 3 is 2.61 bits per heavy atom. The van der Waals surface area contributed by atoms with Gasteiger partial charge in [-0.15, -0.1) is 0 Å². The van der Waals surface area contributed by atoms with Crippen LogP contribution in [0.25, 0.3) is 10.8 Å². The lowest BCUT2D eigenvalue weighted by molar-refractivity contribution is 0.0235. The first-order valence-electron chi connectivity index (χ1n) is 12.7. The van der Waals surface area contributed by atoms with Gasteiger partial charge >= 0.3 is 5.97 Å². The molecular formula is C27H35N5O5S. The van der Waals surface area contributed by atoms with Crippen molar-refractivity contribution in [2.75, 3.05) is 17.3 Å². The molecule has 4 rings (SSSR count). The van der Waals surface area contributed by atoms with Gasteiger partial charge in [-0.05, 0) is 62.8 Å². The molecule has 1 aliphatic rings. The van der Waals surface area contributed by atoms with Crippen LogP contribution in [-0.4, -0.2) is 53.6 Å². The lowest BCUT2D eigenvalue weighted by atomic mass is 9.88. The van der Waals surface area contributed by atoms with E-state index < -0.39 is 15.4 Å². The fourth-order valence-electron chi connectivity index (χ4n) is 4.30. The van der Waals surface area contributed by atoms with Crippen LogP contribution in [0, 0.1) is 0 Å². The summed E-state index contributed by atoms with van der Waals surface area (Å²) in [7, 11) is -3.10. The van der Waals surface area contributed by atoms with E-state index in [0.717, 1.165) is 10.9 Å². The van der Waals surface area contributed by atoms with Crippen molar-refractivity contribution in [3.8, 4) is 5.88 Å². The molecule has 0 amide bonds. The highest BCUT2D eigenvalue weighted by atomic mass is 32.2. The fourth-order valence-corrected chi connectivity index (χ4v) is 5.06. The van der Waals surface area contributed by atoms with E-state index in [-0.39, 0.29) is 29.8 Å². The number of esters is 1. The van der Waals surface area contributed by atoms with Crippen LogP contribution >= 0.6 is 0 Å². The van der Waals surface area contributed by atoms with E-state index in [1.54, 1.807) is 24.5 Å². The van der Waals surface area contributed by atoms with Gasteiger partial charge in [0.25, 0.3) is 0 Å². The van der Waals surface area contributed by atoms with E-state index in [1.807, 2.05) is 40.7 Å². The quantitative estimate of drug-likeness (QED) is 0.377. The van der Waals surface area contributed by atoms with Crippen LogP contribution in [0.3, 0.4) is 0 Å². The lowest BCUT2D eigenvalue weighted by Gasteiger charge is -2.27. The number of fused-ring (bicyclic) bond motifs is 2. The predicted molar refractivity (Wildman–Crippen MR) is 147 cm³/mol. The van der Waals surface area contributed by atoms with Crippen LogP contribution in [0.1, 0.15) is 75.0 Å². The number of carbonyl (C=O) groups excluding carboxylic acids is 1. The van der Waals surface area contributed by atoms with Gasteiger partial charge in [-0.3, -0.25) is 0 Å². The number of nitrogens with one attached hydrogen (secondary N) is 1. The molecule has 4 heterocycles. The van der Waals surface area contributed by atoms with Crippen molar-refractivity contribution < 1.29 is 22.7 Å². The number of pyridine rings is 3. The molecule has 1 aliphatic heterocycles. The molecule has 0 unspecified atom stereocenters. The topological polar surface area (TPSA) is 146 Å². The molecule has 11 heteroatoms. The maximum atomic E-state index is 12.3. The molecule has 10 nitrogen and oxygen atoms in total. The molecule has 3 N–H and O–H groups in total. The average molecular weight is 542 g/mol. The van der Waals surface area contributed by atoms with Crippen LogP contribution in [0.5, 0.6) is 5.88 Å². The summed E-state index contributed by atoms with van der Waals surface area (Å²) in [6.07, 6.45) is 4.97. The van der Waals surface area contributed by atoms with E-state index in [0.29, 0.717) is 47.0 Å². The highest BCUT2D eigenvalue weighted by molar-refractivity contribution is 7.90. The minimum absolute atomic E-state index is 0.0239. The van der Waals surface area contributed by atoms with Gasteiger partial charge in [0.15, 0.2) is 0 Å². The molecule has 0 aromatic carbocycles. The molecule has 0 spiro atoms. The zero-order valence-corrected chi connectivity index (χ0v) is 23.4. The number of anilines is 2. The number of sulfone groups is 1. The average Bonchev–Trinajstić information content (AvgIpc) is 2.85. The summed E-state index contributed by atoms with van der Waals surface area (Å²) in [5.74, 6) is 1.07. The van der Waals surface area contributed by atoms with Gasteiger partial charge in [0.1, 0.15) is 27.6 Å². The van der Waals surface area contributed by atoms with Crippen LogP contribution < -0.4 is 15.8 Å². The number of rotatable bonds is 9. The van der Waals surface area contributed by atoms with Crippen LogP contribution in [0.2, 0.25) is 0 Å². The maximum Gasteiger partial charge on any atom is 0.340 e. The third-order valence-corrected chi connectivity index (χ3v) is 8.10. The summed E-state index contributed by atoms with van der Waals surface area (Å²) >= 11 is 0. The number of hydrogen-bond donors (Lipinski definition) is 2. The molecule has 3 aromatic rings. The fraction of sp³-hybridized carbons (Fsp3) is 0.481. The molecule has 0 saturated carbocycles. The van der Waals surface area contributed by atoms with E-state index in [1.165, 1.54) is 6.26 Å². The van der Waals surface area contributed by atoms with Gasteiger partial charge < -0.3 is 20.5 Å². The second kappa shape index (κ2) is 10.5. The molecule has 38 heavy (non-hydrogen) atoms. The van der Waals surface area contributed by atoms with Crippen LogP contribution in [0.15, 0.2) is 30.6 Å². The summed E-state index contributed by atoms with van der Waals surface area (Å²) < 4.78 is 34.6. The van der Waals surface area contributed by atoms with E-state index in [4.69, 9.17) is 20.2 Å². The number of nitrogens with zero attached hydrogens (tertiary/aromatic N) is 3. The van der Waals surface area contributed by atoms with Crippen molar-refractivity contribution in [2.24, 2.45) is 5.73 Å². The van der Waals surface area contributed by atoms with Gasteiger partial charge in [0.05, 0.1) is 28.5 Å². The molecule has 204 valence electrons. The van der Waals surface area contributed by atoms with E-state index in [2.05, 4.69) is 15.3 Å². The first kappa shape index (κ1) is 27.7. The highest BCUT2D eigenvalue weighted by Crippen LogP contribution is 2.35. The maximum absolute atomic E-state index is 12.3. The summed E-state index contributed by atoms with van der Waals surface area (Å²) in [5.41, 5.74) is 7.96. The smallest absolute Gasteiger partial charge is 0.340 e. The molecule has 3 aromatic heterocycles. The Morgan fingerprint density at radius 1 is 1.18 bits per heavy atom. The zero-order chi connectivity index (χ0) is 27.8. The van der Waals surface area contributed by atoms with Gasteiger partial charge in [-0.1, -0.05) is 13.8 Å². The molecule has 0 fully saturated rings. The van der Waals surface area contributed by atoms with Crippen molar-refractivity contribution in [1.82, 2.24) is 15.0 Å². The van der Waals surface area contributed by atoms with Crippen molar-refractivity contribution in [3.63, 3.8) is 0 Å². The number of nitrogens with two attached hydrogens (primary N) is 1. The summed E-state index contributed by atoms with van der Waals surface area (Å²) in [6.45, 7) is 9.60. The standard InChI is InChI=1S/C27H35N5O5S/c1-7-27(5,28)21-14-30-25(36-15(2)10-11-38(6,34)35)20-13-29-23(12-19(20)21)31-22-9-8-18-24(32-22)16(3)17(4)37-26(18)33/h8-9,12-17H,7,10-11,28H2,1-6H3,(H,29,31,32)/t15-,16+,17-,27+/m0/s1. The molecule has 0 radical (unpaired) electrons. The van der Waals surface area contributed by atoms with Crippen molar-refractivity contribution in [1.29, 1.82) is 0 Å². The summed E-state index contributed by atoms with van der Waals surface area (Å²) in [6, 6.07) is 5.31. The number of hydrogen-bond acceptors (Lipinski definition) is 10. The van der Waals surface area contributed by atoms with Crippen LogP contribution in [0.4, 0.5) is 11.6 Å². The third kappa shape index (κ3) is 5.88. The third-order valence-electron chi connectivity index (χ3n) is 7.12. The molecule has 4 atom stereocenters. The Bertz CT molecular complexity index is 1470. The van der Waals surface area contributed by atoms with E-state index in [9.17, 15) is 13.2 Å². The molecule has 0 aliphatic carbocycles. The molecule has 0 saturated heterocycles. The monoisotopic (exact) mass is 541 g/mol. The summed E-state index contributed by atoms with van der Waals surface area (Å²) in [5, 5.41) is 4.74. The number of ether oxygens (including phenoxy) is 2. The Labute approximate surface area is 223 Å². The Kier molecular flexibility index (Phi) is 7.62. The van der Waals surface area contributed by atoms with Crippen molar-refractivity contribution >= 4 is 38.2 Å². The van der Waals surface area contributed by atoms with Gasteiger partial charge in [0.2, 0.25) is 5.88 Å². The highest BCUT2D eigenvalue weighted by Gasteiger charge is 2.31. The Morgan fingerprint density at radius 2 is 1.92 bits per heavy atom. The minimum Gasteiger partial charge on any atom is -0.474 e. The van der Waals surface area contributed by atoms with Crippen molar-refractivity contribution in [3.05, 3.63) is 47.4 Å². The van der Waals surface area contributed by atoms with Crippen LogP contribution in [-0.2, 0) is 20.1 Å². The molecular weight excluding hydrogens is 506 g/mol. The normalized spacial score (nSPS) is 19.8. The van der Waals surface area contributed by atoms with E-state index >= 15 is 0 Å². The Hall–Kier alpha value is -3.31. The second-order valence-electron chi connectivity index (χ2n) is 10.4. The van der Waals surface area contributed by atoms with Crippen molar-refractivity contribution in [2.45, 2.75) is 71.1 Å². The number of aromatic nitrogens is 3. The molecule has 0 bridgehead atoms. The predicted octanol–water partition coefficient (Wildman–Crippen LogP) is 4.22. The lowest BCUT2D eigenvalue weighted by Crippen LogP contribution is -2.32. The number of carbonyl (C=O) groups is 1. The first-order valence-corrected chi connectivity index (χ1v) is 14.8. The van der Waals surface area contributed by atoms with Gasteiger partial charge in [-0.25, -0.2) is 28.2 Å². The Balaban J connectivity index is 1.70.